The molecule has 3 rings (SSSR count). The number of anilines is 1. The van der Waals surface area contributed by atoms with E-state index < -0.39 is 0 Å². The summed E-state index contributed by atoms with van der Waals surface area (Å²) in [5.41, 5.74) is 3.96. The molecule has 0 fully saturated rings. The Morgan fingerprint density at radius 2 is 2.00 bits per heavy atom. The van der Waals surface area contributed by atoms with Crippen LogP contribution in [0, 0.1) is 0 Å². The molecule has 0 unspecified atom stereocenters. The monoisotopic (exact) mass is 224 g/mol. The highest BCUT2D eigenvalue weighted by molar-refractivity contribution is 5.59. The van der Waals surface area contributed by atoms with Crippen molar-refractivity contribution in [1.82, 2.24) is 4.98 Å². The van der Waals surface area contributed by atoms with Crippen LogP contribution in [-0.2, 0) is 13.0 Å². The molecule has 17 heavy (non-hydrogen) atoms. The molecule has 0 amide bonds. The van der Waals surface area contributed by atoms with Crippen molar-refractivity contribution in [2.45, 2.75) is 25.9 Å². The molecule has 1 aliphatic rings. The second-order valence-electron chi connectivity index (χ2n) is 4.63. The van der Waals surface area contributed by atoms with Crippen molar-refractivity contribution in [2.75, 3.05) is 4.90 Å². The maximum atomic E-state index is 4.41. The lowest BCUT2D eigenvalue weighted by atomic mass is 10.1. The Balaban J connectivity index is 1.89. The normalized spacial score (nSPS) is 18.2. The summed E-state index contributed by atoms with van der Waals surface area (Å²) in [7, 11) is 0. The van der Waals surface area contributed by atoms with E-state index in [2.05, 4.69) is 53.2 Å². The van der Waals surface area contributed by atoms with Gasteiger partial charge in [-0.25, -0.2) is 0 Å². The number of pyridine rings is 1. The van der Waals surface area contributed by atoms with Crippen LogP contribution in [0.15, 0.2) is 48.7 Å². The predicted octanol–water partition coefficient (Wildman–Crippen LogP) is 3.03. The number of hydrogen-bond donors (Lipinski definition) is 0. The Hall–Kier alpha value is -1.83. The highest BCUT2D eigenvalue weighted by atomic mass is 15.2. The van der Waals surface area contributed by atoms with Gasteiger partial charge in [0.1, 0.15) is 0 Å². The first-order valence-electron chi connectivity index (χ1n) is 6.09. The third-order valence-corrected chi connectivity index (χ3v) is 3.41. The SMILES string of the molecule is C[C@@H]1Cc2ccccc2N1Cc1ccccn1. The number of aromatic nitrogens is 1. The molecule has 86 valence electrons. The summed E-state index contributed by atoms with van der Waals surface area (Å²) in [5, 5.41) is 0. The van der Waals surface area contributed by atoms with Gasteiger partial charge in [-0.1, -0.05) is 24.3 Å². The highest BCUT2D eigenvalue weighted by Gasteiger charge is 2.25. The minimum absolute atomic E-state index is 0.564. The van der Waals surface area contributed by atoms with Crippen LogP contribution in [0.2, 0.25) is 0 Å². The summed E-state index contributed by atoms with van der Waals surface area (Å²) in [6.07, 6.45) is 3.00. The summed E-state index contributed by atoms with van der Waals surface area (Å²) < 4.78 is 0. The molecular formula is C15H16N2. The molecule has 0 saturated carbocycles. The van der Waals surface area contributed by atoms with Gasteiger partial charge in [0.05, 0.1) is 12.2 Å². The zero-order valence-corrected chi connectivity index (χ0v) is 10.0. The molecule has 2 heterocycles. The molecule has 1 aromatic heterocycles. The molecule has 1 aliphatic heterocycles. The third kappa shape index (κ3) is 1.91. The standard InChI is InChI=1S/C15H16N2/c1-12-10-13-6-2-3-8-15(13)17(12)11-14-7-4-5-9-16-14/h2-9,12H,10-11H2,1H3/t12-/m1/s1. The first kappa shape index (κ1) is 10.3. The Labute approximate surface area is 102 Å². The predicted molar refractivity (Wildman–Crippen MR) is 70.0 cm³/mol. The fourth-order valence-corrected chi connectivity index (χ4v) is 2.54. The lowest BCUT2D eigenvalue weighted by Gasteiger charge is -2.24. The summed E-state index contributed by atoms with van der Waals surface area (Å²) in [6, 6.07) is 15.3. The summed E-state index contributed by atoms with van der Waals surface area (Å²) >= 11 is 0. The molecule has 0 radical (unpaired) electrons. The molecule has 0 bridgehead atoms. The molecule has 1 aromatic carbocycles. The Bertz CT molecular complexity index is 507. The van der Waals surface area contributed by atoms with Gasteiger partial charge in [-0.3, -0.25) is 4.98 Å². The Morgan fingerprint density at radius 1 is 1.18 bits per heavy atom. The van der Waals surface area contributed by atoms with E-state index in [1.165, 1.54) is 11.3 Å². The van der Waals surface area contributed by atoms with Crippen LogP contribution in [-0.4, -0.2) is 11.0 Å². The topological polar surface area (TPSA) is 16.1 Å². The smallest absolute Gasteiger partial charge is 0.0605 e. The van der Waals surface area contributed by atoms with E-state index in [1.807, 2.05) is 12.3 Å². The van der Waals surface area contributed by atoms with Gasteiger partial charge in [0.2, 0.25) is 0 Å². The number of hydrogen-bond acceptors (Lipinski definition) is 2. The summed E-state index contributed by atoms with van der Waals surface area (Å²) in [4.78, 5) is 6.85. The molecule has 0 N–H and O–H groups in total. The van der Waals surface area contributed by atoms with Crippen LogP contribution in [0.5, 0.6) is 0 Å². The highest BCUT2D eigenvalue weighted by Crippen LogP contribution is 2.32. The summed E-state index contributed by atoms with van der Waals surface area (Å²) in [5.74, 6) is 0. The fourth-order valence-electron chi connectivity index (χ4n) is 2.54. The van der Waals surface area contributed by atoms with Crippen LogP contribution >= 0.6 is 0 Å². The lowest BCUT2D eigenvalue weighted by Crippen LogP contribution is -2.28. The van der Waals surface area contributed by atoms with E-state index in [-0.39, 0.29) is 0 Å². The van der Waals surface area contributed by atoms with Crippen molar-refractivity contribution in [2.24, 2.45) is 0 Å². The largest absolute Gasteiger partial charge is 0.362 e. The molecule has 0 spiro atoms. The van der Waals surface area contributed by atoms with Crippen LogP contribution in [0.1, 0.15) is 18.2 Å². The number of fused-ring (bicyclic) bond motifs is 1. The second-order valence-corrected chi connectivity index (χ2v) is 4.63. The molecule has 1 atom stereocenters. The minimum Gasteiger partial charge on any atom is -0.362 e. The molecule has 0 aliphatic carbocycles. The van der Waals surface area contributed by atoms with Gasteiger partial charge in [0, 0.05) is 17.9 Å². The average molecular weight is 224 g/mol. The van der Waals surface area contributed by atoms with Crippen molar-refractivity contribution >= 4 is 5.69 Å². The van der Waals surface area contributed by atoms with E-state index in [9.17, 15) is 0 Å². The quantitative estimate of drug-likeness (QED) is 0.779. The number of rotatable bonds is 2. The van der Waals surface area contributed by atoms with Crippen molar-refractivity contribution in [3.63, 3.8) is 0 Å². The maximum absolute atomic E-state index is 4.41. The second kappa shape index (κ2) is 4.21. The number of benzene rings is 1. The number of nitrogens with zero attached hydrogens (tertiary/aromatic N) is 2. The van der Waals surface area contributed by atoms with Gasteiger partial charge < -0.3 is 4.90 Å². The van der Waals surface area contributed by atoms with Crippen molar-refractivity contribution in [3.8, 4) is 0 Å². The van der Waals surface area contributed by atoms with Crippen LogP contribution in [0.25, 0.3) is 0 Å². The van der Waals surface area contributed by atoms with Crippen LogP contribution in [0.3, 0.4) is 0 Å². The van der Waals surface area contributed by atoms with Crippen LogP contribution in [0.4, 0.5) is 5.69 Å². The first-order valence-corrected chi connectivity index (χ1v) is 6.09. The maximum Gasteiger partial charge on any atom is 0.0605 e. The molecule has 2 heteroatoms. The molecule has 2 nitrogen and oxygen atoms in total. The lowest BCUT2D eigenvalue weighted by molar-refractivity contribution is 0.665. The van der Waals surface area contributed by atoms with Gasteiger partial charge in [-0.05, 0) is 37.1 Å². The molecular weight excluding hydrogens is 208 g/mol. The summed E-state index contributed by atoms with van der Waals surface area (Å²) in [6.45, 7) is 3.18. The van der Waals surface area contributed by atoms with Gasteiger partial charge >= 0.3 is 0 Å². The van der Waals surface area contributed by atoms with E-state index in [4.69, 9.17) is 0 Å². The Kier molecular flexibility index (Phi) is 2.56. The first-order chi connectivity index (χ1) is 8.34. The van der Waals surface area contributed by atoms with Gasteiger partial charge in [0.25, 0.3) is 0 Å². The zero-order chi connectivity index (χ0) is 11.7. The third-order valence-electron chi connectivity index (χ3n) is 3.41. The van der Waals surface area contributed by atoms with E-state index in [1.54, 1.807) is 0 Å². The van der Waals surface area contributed by atoms with Crippen LogP contribution < -0.4 is 4.90 Å². The van der Waals surface area contributed by atoms with E-state index in [0.29, 0.717) is 6.04 Å². The zero-order valence-electron chi connectivity index (χ0n) is 10.0. The minimum atomic E-state index is 0.564. The number of para-hydroxylation sites is 1. The van der Waals surface area contributed by atoms with Gasteiger partial charge in [-0.2, -0.15) is 0 Å². The van der Waals surface area contributed by atoms with Gasteiger partial charge in [-0.15, -0.1) is 0 Å². The Morgan fingerprint density at radius 3 is 2.82 bits per heavy atom. The van der Waals surface area contributed by atoms with Crippen molar-refractivity contribution in [1.29, 1.82) is 0 Å². The average Bonchev–Trinajstić information content (AvgIpc) is 2.68. The molecule has 2 aromatic rings. The van der Waals surface area contributed by atoms with E-state index >= 15 is 0 Å². The van der Waals surface area contributed by atoms with E-state index in [0.717, 1.165) is 18.7 Å². The molecule has 0 saturated heterocycles. The van der Waals surface area contributed by atoms with Crippen molar-refractivity contribution in [3.05, 3.63) is 59.9 Å². The van der Waals surface area contributed by atoms with Gasteiger partial charge in [0.15, 0.2) is 0 Å². The van der Waals surface area contributed by atoms with Crippen molar-refractivity contribution < 1.29 is 0 Å². The fraction of sp³-hybridized carbons (Fsp3) is 0.267.